The molecule has 3 heteroatoms. The van der Waals surface area contributed by atoms with Crippen LogP contribution in [0.3, 0.4) is 0 Å². The third-order valence-corrected chi connectivity index (χ3v) is 2.08. The van der Waals surface area contributed by atoms with E-state index < -0.39 is 0 Å². The fourth-order valence-corrected chi connectivity index (χ4v) is 1.41. The summed E-state index contributed by atoms with van der Waals surface area (Å²) in [6.45, 7) is 2.04. The summed E-state index contributed by atoms with van der Waals surface area (Å²) < 4.78 is 12.1. The van der Waals surface area contributed by atoms with Crippen molar-refractivity contribution in [2.45, 2.75) is 19.3 Å². The molecule has 0 unspecified atom stereocenters. The maximum atomic E-state index is 10.2. The highest BCUT2D eigenvalue weighted by molar-refractivity contribution is 7.62. The average molecular weight is 133 g/mol. The summed E-state index contributed by atoms with van der Waals surface area (Å²) in [7, 11) is 0. The molecule has 0 aromatic carbocycles. The van der Waals surface area contributed by atoms with Gasteiger partial charge in [-0.25, -0.2) is 8.51 Å². The van der Waals surface area contributed by atoms with Crippen LogP contribution in [0, 0.1) is 0 Å². The van der Waals surface area contributed by atoms with Gasteiger partial charge in [0.1, 0.15) is 0 Å². The Morgan fingerprint density at radius 1 is 1.12 bits per heavy atom. The molecule has 1 fully saturated rings. The number of piperidine rings is 1. The monoisotopic (exact) mass is 133 g/mol. The molecule has 0 aliphatic carbocycles. The molecular formula is C5H11NOS. The van der Waals surface area contributed by atoms with E-state index in [1.807, 2.05) is 4.31 Å². The highest BCUT2D eigenvalue weighted by Crippen LogP contribution is 2.06. The minimum absolute atomic E-state index is 0.210. The molecule has 0 N–H and O–H groups in total. The van der Waals surface area contributed by atoms with Gasteiger partial charge < -0.3 is 0 Å². The largest absolute Gasteiger partial charge is 0.246 e. The van der Waals surface area contributed by atoms with Crippen molar-refractivity contribution in [3.05, 3.63) is 0 Å². The average Bonchev–Trinajstić information content (AvgIpc) is 1.90. The summed E-state index contributed by atoms with van der Waals surface area (Å²) in [6, 6.07) is 0. The first-order valence-electron chi connectivity index (χ1n) is 3.02. The predicted molar refractivity (Wildman–Crippen MR) is 35.0 cm³/mol. The predicted octanol–water partition coefficient (Wildman–Crippen LogP) is 0.333. The van der Waals surface area contributed by atoms with Crippen LogP contribution in [0.4, 0.5) is 0 Å². The van der Waals surface area contributed by atoms with Crippen molar-refractivity contribution in [3.8, 4) is 0 Å². The Morgan fingerprint density at radius 3 is 2.12 bits per heavy atom. The molecule has 0 aromatic heterocycles. The Morgan fingerprint density at radius 2 is 1.75 bits per heavy atom. The van der Waals surface area contributed by atoms with E-state index in [9.17, 15) is 4.21 Å². The van der Waals surface area contributed by atoms with Gasteiger partial charge in [0, 0.05) is 13.1 Å². The molecule has 1 saturated heterocycles. The van der Waals surface area contributed by atoms with Gasteiger partial charge in [0.2, 0.25) is 0 Å². The fraction of sp³-hybridized carbons (Fsp3) is 1.00. The van der Waals surface area contributed by atoms with Gasteiger partial charge in [-0.05, 0) is 12.8 Å². The third-order valence-electron chi connectivity index (χ3n) is 1.45. The first kappa shape index (κ1) is 6.23. The second kappa shape index (κ2) is 3.20. The highest BCUT2D eigenvalue weighted by atomic mass is 32.2. The van der Waals surface area contributed by atoms with Crippen LogP contribution in [-0.2, 0) is 11.9 Å². The zero-order valence-corrected chi connectivity index (χ0v) is 5.73. The summed E-state index contributed by atoms with van der Waals surface area (Å²) in [4.78, 5) is 0. The maximum absolute atomic E-state index is 10.2. The molecule has 2 nitrogen and oxygen atoms in total. The van der Waals surface area contributed by atoms with E-state index in [0.29, 0.717) is 0 Å². The summed E-state index contributed by atoms with van der Waals surface area (Å²) in [5, 5.41) is 0. The first-order chi connectivity index (χ1) is 3.93. The molecule has 0 saturated carbocycles. The number of hydrogen-bond acceptors (Lipinski definition) is 1. The molecule has 0 spiro atoms. The van der Waals surface area contributed by atoms with E-state index in [0.717, 1.165) is 13.1 Å². The van der Waals surface area contributed by atoms with Gasteiger partial charge in [-0.15, -0.1) is 0 Å². The van der Waals surface area contributed by atoms with Crippen LogP contribution in [0.5, 0.6) is 0 Å². The second-order valence-electron chi connectivity index (χ2n) is 2.10. The van der Waals surface area contributed by atoms with Crippen molar-refractivity contribution in [2.24, 2.45) is 0 Å². The molecule has 0 bridgehead atoms. The SMILES string of the molecule is O=[SH]N1CCCCC1. The lowest BCUT2D eigenvalue weighted by Crippen LogP contribution is -2.25. The Kier molecular flexibility index (Phi) is 2.49. The fourth-order valence-electron chi connectivity index (χ4n) is 0.959. The molecule has 1 aliphatic rings. The highest BCUT2D eigenvalue weighted by Gasteiger charge is 2.06. The number of hydrogen-bond donors (Lipinski definition) is 1. The summed E-state index contributed by atoms with van der Waals surface area (Å²) >= 11 is 0.210. The second-order valence-corrected chi connectivity index (χ2v) is 2.82. The van der Waals surface area contributed by atoms with Gasteiger partial charge in [-0.3, -0.25) is 0 Å². The summed E-state index contributed by atoms with van der Waals surface area (Å²) in [5.74, 6) is 0. The zero-order valence-electron chi connectivity index (χ0n) is 4.84. The standard InChI is InChI=1S/C5H11NOS/c7-8-6-4-2-1-3-5-6/h8H,1-5H2. The van der Waals surface area contributed by atoms with E-state index in [2.05, 4.69) is 0 Å². The molecule has 1 heterocycles. The van der Waals surface area contributed by atoms with Gasteiger partial charge >= 0.3 is 0 Å². The molecule has 1 rings (SSSR count). The van der Waals surface area contributed by atoms with E-state index >= 15 is 0 Å². The molecule has 0 atom stereocenters. The minimum Gasteiger partial charge on any atom is -0.246 e. The van der Waals surface area contributed by atoms with Crippen molar-refractivity contribution in [1.29, 1.82) is 0 Å². The smallest absolute Gasteiger partial charge is 0.0808 e. The molecule has 48 valence electrons. The zero-order chi connectivity index (χ0) is 5.82. The Labute approximate surface area is 53.5 Å². The van der Waals surface area contributed by atoms with Crippen molar-refractivity contribution in [1.82, 2.24) is 4.31 Å². The van der Waals surface area contributed by atoms with E-state index in [4.69, 9.17) is 0 Å². The molecule has 8 heavy (non-hydrogen) atoms. The number of thiol groups is 1. The van der Waals surface area contributed by atoms with Gasteiger partial charge in [0.25, 0.3) is 0 Å². The van der Waals surface area contributed by atoms with Crippen LogP contribution in [0.15, 0.2) is 0 Å². The normalized spacial score (nSPS) is 23.5. The van der Waals surface area contributed by atoms with Crippen molar-refractivity contribution in [3.63, 3.8) is 0 Å². The Balaban J connectivity index is 2.22. The van der Waals surface area contributed by atoms with Gasteiger partial charge in [-0.1, -0.05) is 6.42 Å². The topological polar surface area (TPSA) is 20.3 Å². The lowest BCUT2D eigenvalue weighted by Gasteiger charge is -2.18. The number of nitrogens with zero attached hydrogens (tertiary/aromatic N) is 1. The van der Waals surface area contributed by atoms with Crippen LogP contribution in [0.25, 0.3) is 0 Å². The van der Waals surface area contributed by atoms with Gasteiger partial charge in [-0.2, -0.15) is 0 Å². The van der Waals surface area contributed by atoms with Crippen molar-refractivity contribution < 1.29 is 4.21 Å². The molecule has 0 radical (unpaired) electrons. The van der Waals surface area contributed by atoms with E-state index in [1.54, 1.807) is 0 Å². The van der Waals surface area contributed by atoms with E-state index in [-0.39, 0.29) is 11.9 Å². The van der Waals surface area contributed by atoms with Gasteiger partial charge in [0.05, 0.1) is 11.9 Å². The van der Waals surface area contributed by atoms with Crippen LogP contribution in [-0.4, -0.2) is 21.6 Å². The van der Waals surface area contributed by atoms with Crippen molar-refractivity contribution in [2.75, 3.05) is 13.1 Å². The van der Waals surface area contributed by atoms with Crippen LogP contribution >= 0.6 is 0 Å². The Hall–Kier alpha value is 0.110. The van der Waals surface area contributed by atoms with Gasteiger partial charge in [0.15, 0.2) is 0 Å². The van der Waals surface area contributed by atoms with Crippen molar-refractivity contribution >= 4 is 11.9 Å². The van der Waals surface area contributed by atoms with Crippen LogP contribution in [0.2, 0.25) is 0 Å². The van der Waals surface area contributed by atoms with E-state index in [1.165, 1.54) is 19.3 Å². The first-order valence-corrected chi connectivity index (χ1v) is 3.78. The quantitative estimate of drug-likeness (QED) is 0.511. The maximum Gasteiger partial charge on any atom is 0.0808 e. The molecular weight excluding hydrogens is 122 g/mol. The third kappa shape index (κ3) is 1.56. The van der Waals surface area contributed by atoms with Crippen LogP contribution < -0.4 is 0 Å². The lowest BCUT2D eigenvalue weighted by molar-refractivity contribution is 0.372. The van der Waals surface area contributed by atoms with Crippen LogP contribution in [0.1, 0.15) is 19.3 Å². The summed E-state index contributed by atoms with van der Waals surface area (Å²) in [5.41, 5.74) is 0. The minimum atomic E-state index is 0.210. The molecule has 0 aromatic rings. The number of rotatable bonds is 1. The lowest BCUT2D eigenvalue weighted by atomic mass is 10.2. The molecule has 0 amide bonds. The Bertz CT molecular complexity index is 80.5. The molecule has 1 aliphatic heterocycles. The summed E-state index contributed by atoms with van der Waals surface area (Å²) in [6.07, 6.45) is 3.75.